The number of rotatable bonds is 5. The van der Waals surface area contributed by atoms with Crippen LogP contribution in [0.3, 0.4) is 0 Å². The van der Waals surface area contributed by atoms with Crippen molar-refractivity contribution in [2.24, 2.45) is 10.3 Å². The smallest absolute Gasteiger partial charge is 0.453 e. The van der Waals surface area contributed by atoms with E-state index >= 15 is 0 Å². The molecule has 2 aliphatic rings. The molecule has 0 aromatic heterocycles. The van der Waals surface area contributed by atoms with Crippen LogP contribution in [0.15, 0.2) is 82.1 Å². The predicted molar refractivity (Wildman–Crippen MR) is 141 cm³/mol. The molecule has 0 bridgehead atoms. The second-order valence-corrected chi connectivity index (χ2v) is 10.9. The molecule has 1 unspecified atom stereocenters. The summed E-state index contributed by atoms with van der Waals surface area (Å²) in [6, 6.07) is 17.1. The first-order chi connectivity index (χ1) is 19.5. The van der Waals surface area contributed by atoms with Crippen molar-refractivity contribution in [1.29, 1.82) is 0 Å². The van der Waals surface area contributed by atoms with Crippen LogP contribution in [0.4, 0.5) is 29.3 Å². The van der Waals surface area contributed by atoms with Gasteiger partial charge in [-0.25, -0.2) is 4.79 Å². The number of piperidine rings is 1. The van der Waals surface area contributed by atoms with Crippen LogP contribution < -0.4 is 14.4 Å². The lowest BCUT2D eigenvalue weighted by Gasteiger charge is -2.46. The highest BCUT2D eigenvalue weighted by Crippen LogP contribution is 2.48. The molecule has 1 amide bonds. The normalized spacial score (nSPS) is 20.7. The van der Waals surface area contributed by atoms with Crippen molar-refractivity contribution in [2.75, 3.05) is 25.1 Å². The quantitative estimate of drug-likeness (QED) is 0.424. The van der Waals surface area contributed by atoms with Crippen molar-refractivity contribution >= 4 is 33.7 Å². The van der Waals surface area contributed by atoms with E-state index in [1.165, 1.54) is 12.0 Å². The first-order valence-corrected chi connectivity index (χ1v) is 13.7. The molecule has 3 aromatic carbocycles. The summed E-state index contributed by atoms with van der Waals surface area (Å²) in [6.07, 6.45) is -5.80. The second-order valence-electron chi connectivity index (χ2n) is 9.25. The van der Waals surface area contributed by atoms with Crippen molar-refractivity contribution in [1.82, 2.24) is 4.90 Å². The number of halogens is 3. The Morgan fingerprint density at radius 2 is 1.59 bits per heavy atom. The van der Waals surface area contributed by atoms with E-state index in [-0.39, 0.29) is 18.0 Å². The number of methoxy groups -OCH3 is 1. The van der Waals surface area contributed by atoms with E-state index in [1.54, 1.807) is 48.5 Å². The Bertz CT molecular complexity index is 1520. The summed E-state index contributed by atoms with van der Waals surface area (Å²) in [6.45, 7) is -0.0659. The van der Waals surface area contributed by atoms with Gasteiger partial charge in [0.2, 0.25) is 0 Å². The van der Waals surface area contributed by atoms with Crippen LogP contribution in [0.2, 0.25) is 0 Å². The molecule has 14 heteroatoms. The Labute approximate surface area is 233 Å². The van der Waals surface area contributed by atoms with Crippen LogP contribution in [0.25, 0.3) is 0 Å². The van der Waals surface area contributed by atoms with Crippen molar-refractivity contribution in [2.45, 2.75) is 23.4 Å². The number of aliphatic hydroxyl groups excluding tert-OH is 1. The van der Waals surface area contributed by atoms with E-state index in [0.29, 0.717) is 22.9 Å². The van der Waals surface area contributed by atoms with Crippen LogP contribution in [0.1, 0.15) is 0 Å². The Hall–Kier alpha value is -4.30. The number of hydrogen-bond acceptors (Lipinski definition) is 8. The molecule has 1 saturated heterocycles. The first-order valence-electron chi connectivity index (χ1n) is 12.3. The zero-order valence-electron chi connectivity index (χ0n) is 21.4. The van der Waals surface area contributed by atoms with Gasteiger partial charge in [0.15, 0.2) is 11.5 Å². The molecular weight excluding hydrogens is 567 g/mol. The predicted octanol–water partition coefficient (Wildman–Crippen LogP) is 4.72. The number of likely N-dealkylation sites (tertiary alicyclic amines) is 1. The Balaban J connectivity index is 1.47. The number of fused-ring (bicyclic) bond motifs is 2. The zero-order valence-corrected chi connectivity index (χ0v) is 22.2. The molecule has 0 aliphatic carbocycles. The maximum absolute atomic E-state index is 12.9. The fourth-order valence-corrected chi connectivity index (χ4v) is 5.75. The Morgan fingerprint density at radius 3 is 2.15 bits per heavy atom. The maximum atomic E-state index is 12.9. The number of hydrogen-bond donors (Lipinski definition) is 1. The largest absolute Gasteiger partial charge is 0.573 e. The number of carbonyl (C=O) groups is 1. The lowest BCUT2D eigenvalue weighted by Crippen LogP contribution is -2.60. The summed E-state index contributed by atoms with van der Waals surface area (Å²) in [5.41, 5.74) is 1.26. The van der Waals surface area contributed by atoms with E-state index in [4.69, 9.17) is 9.47 Å². The van der Waals surface area contributed by atoms with Gasteiger partial charge in [-0.15, -0.1) is 13.2 Å². The van der Waals surface area contributed by atoms with Crippen LogP contribution in [0, 0.1) is 5.92 Å². The lowest BCUT2D eigenvalue weighted by atomic mass is 9.89. The third-order valence-electron chi connectivity index (χ3n) is 6.65. The number of benzene rings is 3. The van der Waals surface area contributed by atoms with E-state index in [1.807, 2.05) is 4.90 Å². The number of amides is 1. The molecule has 0 spiro atoms. The minimum atomic E-state index is -4.93. The van der Waals surface area contributed by atoms with E-state index in [2.05, 4.69) is 9.13 Å². The third kappa shape index (κ3) is 5.93. The number of ether oxygens (including phenoxy) is 3. The molecule has 41 heavy (non-hydrogen) atoms. The van der Waals surface area contributed by atoms with Crippen molar-refractivity contribution in [3.8, 4) is 17.2 Å². The van der Waals surface area contributed by atoms with Gasteiger partial charge in [-0.1, -0.05) is 24.3 Å². The highest BCUT2D eigenvalue weighted by molar-refractivity contribution is 7.90. The average molecular weight is 592 g/mol. The summed E-state index contributed by atoms with van der Waals surface area (Å²) >= 11 is 0. The van der Waals surface area contributed by atoms with Crippen molar-refractivity contribution in [3.63, 3.8) is 0 Å². The van der Waals surface area contributed by atoms with Gasteiger partial charge >= 0.3 is 12.5 Å². The van der Waals surface area contributed by atoms with E-state index < -0.39 is 46.3 Å². The summed E-state index contributed by atoms with van der Waals surface area (Å²) in [5.74, 6) is -0.498. The molecular formula is C27H24F3N3O7S. The van der Waals surface area contributed by atoms with Gasteiger partial charge in [0.25, 0.3) is 10.0 Å². The molecule has 0 radical (unpaired) electrons. The second kappa shape index (κ2) is 10.9. The molecule has 1 N–H and O–H groups in total. The minimum Gasteiger partial charge on any atom is -0.453 e. The fourth-order valence-electron chi connectivity index (χ4n) is 4.83. The standard InChI is InChI=1S/C27H24F3N3O7S/c1-38-26(35)32-15-17(14-31-41(36,37)19-12-10-18(11-13-19)40-27(28,29)30)25(34)22(16-32)33-20-6-2-4-8-23(20)39-24-9-5-3-7-21(24)33/h2-14,17,22,25,34H,15-16H2,1H3/t17?,22-,25-/m0/s1. The highest BCUT2D eigenvalue weighted by atomic mass is 32.2. The van der Waals surface area contributed by atoms with Crippen molar-refractivity contribution in [3.05, 3.63) is 72.8 Å². The average Bonchev–Trinajstić information content (AvgIpc) is 2.94. The summed E-state index contributed by atoms with van der Waals surface area (Å²) in [7, 11) is -3.16. The minimum absolute atomic E-state index is 0.0360. The zero-order chi connectivity index (χ0) is 29.4. The monoisotopic (exact) mass is 591 g/mol. The number of sulfonamides is 1. The maximum Gasteiger partial charge on any atom is 0.573 e. The van der Waals surface area contributed by atoms with E-state index in [0.717, 1.165) is 30.5 Å². The van der Waals surface area contributed by atoms with Gasteiger partial charge < -0.3 is 29.1 Å². The summed E-state index contributed by atoms with van der Waals surface area (Å²) < 4.78 is 81.5. The molecule has 3 aromatic rings. The summed E-state index contributed by atoms with van der Waals surface area (Å²) in [4.78, 5) is 15.4. The van der Waals surface area contributed by atoms with Crippen LogP contribution in [-0.4, -0.2) is 69.4 Å². The van der Waals surface area contributed by atoms with Gasteiger partial charge in [0.05, 0.1) is 35.5 Å². The van der Waals surface area contributed by atoms with Gasteiger partial charge in [0, 0.05) is 25.2 Å². The van der Waals surface area contributed by atoms with E-state index in [9.17, 15) is 31.5 Å². The molecule has 5 rings (SSSR count). The van der Waals surface area contributed by atoms with Crippen LogP contribution in [0.5, 0.6) is 17.2 Å². The number of carbonyl (C=O) groups excluding carboxylic acids is 1. The topological polar surface area (TPSA) is 118 Å². The molecule has 2 heterocycles. The molecule has 10 nitrogen and oxygen atoms in total. The molecule has 1 fully saturated rings. The number of para-hydroxylation sites is 4. The van der Waals surface area contributed by atoms with Crippen molar-refractivity contribution < 1.29 is 45.7 Å². The van der Waals surface area contributed by atoms with Crippen LogP contribution >= 0.6 is 0 Å². The number of anilines is 2. The van der Waals surface area contributed by atoms with Crippen LogP contribution in [-0.2, 0) is 14.8 Å². The number of nitrogens with zero attached hydrogens (tertiary/aromatic N) is 3. The fraction of sp³-hybridized carbons (Fsp3) is 0.259. The van der Waals surface area contributed by atoms with Gasteiger partial charge in [-0.3, -0.25) is 0 Å². The molecule has 3 atom stereocenters. The lowest BCUT2D eigenvalue weighted by molar-refractivity contribution is -0.274. The number of aliphatic hydroxyl groups is 1. The third-order valence-corrected chi connectivity index (χ3v) is 7.92. The molecule has 0 saturated carbocycles. The van der Waals surface area contributed by atoms with Gasteiger partial charge in [-0.05, 0) is 48.5 Å². The Morgan fingerprint density at radius 1 is 1.00 bits per heavy atom. The Kier molecular flexibility index (Phi) is 7.53. The number of alkyl halides is 3. The SMILES string of the molecule is COC(=O)N1CC(C=NS(=O)(=O)c2ccc(OC(F)(F)F)cc2)[C@H](O)[C@@H](N2c3ccccc3Oc3ccccc32)C1. The van der Waals surface area contributed by atoms with Gasteiger partial charge in [-0.2, -0.15) is 12.8 Å². The molecule has 216 valence electrons. The summed E-state index contributed by atoms with van der Waals surface area (Å²) in [5, 5.41) is 11.5. The van der Waals surface area contributed by atoms with Gasteiger partial charge in [0.1, 0.15) is 5.75 Å². The first kappa shape index (κ1) is 28.2. The highest BCUT2D eigenvalue weighted by Gasteiger charge is 2.43. The molecule has 2 aliphatic heterocycles.